The van der Waals surface area contributed by atoms with E-state index < -0.39 is 49.6 Å². The maximum atomic E-state index is 12.0. The third kappa shape index (κ3) is 8.16. The maximum absolute atomic E-state index is 12.0. The Hall–Kier alpha value is -2.00. The molecule has 3 N–H and O–H groups in total. The molecule has 0 aliphatic carbocycles. The first-order valence-electron chi connectivity index (χ1n) is 5.56. The average molecular weight is 300 g/mol. The van der Waals surface area contributed by atoms with Crippen molar-refractivity contribution in [2.75, 3.05) is 13.6 Å². The highest BCUT2D eigenvalue weighted by Gasteiger charge is 2.29. The number of carboxylic acid groups (broad SMARTS) is 2. The van der Waals surface area contributed by atoms with Gasteiger partial charge in [-0.2, -0.15) is 13.2 Å². The van der Waals surface area contributed by atoms with Gasteiger partial charge in [-0.1, -0.05) is 0 Å². The third-order valence-corrected chi connectivity index (χ3v) is 2.32. The molecule has 0 aliphatic rings. The van der Waals surface area contributed by atoms with Crippen molar-refractivity contribution in [3.8, 4) is 0 Å². The van der Waals surface area contributed by atoms with Crippen LogP contribution < -0.4 is 5.32 Å². The molecular formula is C10H15F3N2O5. The molecule has 0 aromatic rings. The quantitative estimate of drug-likeness (QED) is 0.647. The smallest absolute Gasteiger partial charge is 0.390 e. The number of amides is 2. The highest BCUT2D eigenvalue weighted by atomic mass is 19.4. The van der Waals surface area contributed by atoms with Gasteiger partial charge in [0.1, 0.15) is 6.04 Å². The van der Waals surface area contributed by atoms with E-state index in [0.717, 1.165) is 7.05 Å². The second-order valence-electron chi connectivity index (χ2n) is 4.06. The van der Waals surface area contributed by atoms with Gasteiger partial charge in [0, 0.05) is 20.0 Å². The lowest BCUT2D eigenvalue weighted by Crippen LogP contribution is -2.47. The van der Waals surface area contributed by atoms with Gasteiger partial charge in [-0.05, 0) is 6.42 Å². The van der Waals surface area contributed by atoms with Gasteiger partial charge < -0.3 is 20.4 Å². The molecule has 7 nitrogen and oxygen atoms in total. The van der Waals surface area contributed by atoms with Crippen molar-refractivity contribution in [1.82, 2.24) is 10.2 Å². The highest BCUT2D eigenvalue weighted by Crippen LogP contribution is 2.19. The van der Waals surface area contributed by atoms with Crippen LogP contribution in [0.4, 0.5) is 18.0 Å². The Bertz CT molecular complexity index is 372. The van der Waals surface area contributed by atoms with E-state index >= 15 is 0 Å². The van der Waals surface area contributed by atoms with Crippen LogP contribution in [0.25, 0.3) is 0 Å². The second kappa shape index (κ2) is 7.56. The summed E-state index contributed by atoms with van der Waals surface area (Å²) in [5.74, 6) is -2.69. The van der Waals surface area contributed by atoms with E-state index in [1.807, 2.05) is 5.32 Å². The summed E-state index contributed by atoms with van der Waals surface area (Å²) in [5.41, 5.74) is 0. The van der Waals surface area contributed by atoms with E-state index in [-0.39, 0.29) is 6.42 Å². The number of alkyl halides is 3. The molecule has 0 aromatic heterocycles. The van der Waals surface area contributed by atoms with Crippen molar-refractivity contribution >= 4 is 18.0 Å². The van der Waals surface area contributed by atoms with Gasteiger partial charge >= 0.3 is 24.1 Å². The molecule has 0 saturated heterocycles. The average Bonchev–Trinajstić information content (AvgIpc) is 2.29. The standard InChI is InChI=1S/C10H15F3N2O5/c1-15(5-4-10(11,12)13)9(20)14-6(8(18)19)2-3-7(16)17/h6H,2-5H2,1H3,(H,14,20)(H,16,17)(H,18,19)/t6-/m0/s1. The minimum absolute atomic E-state index is 0.358. The number of hydrogen-bond donors (Lipinski definition) is 3. The molecule has 0 fully saturated rings. The van der Waals surface area contributed by atoms with Crippen LogP contribution in [0.1, 0.15) is 19.3 Å². The summed E-state index contributed by atoms with van der Waals surface area (Å²) < 4.78 is 35.9. The number of hydrogen-bond acceptors (Lipinski definition) is 3. The lowest BCUT2D eigenvalue weighted by atomic mass is 10.1. The fourth-order valence-corrected chi connectivity index (χ4v) is 1.18. The number of rotatable bonds is 7. The number of carboxylic acids is 2. The first-order chi connectivity index (χ1) is 9.03. The Balaban J connectivity index is 4.37. The van der Waals surface area contributed by atoms with Crippen LogP contribution in [0, 0.1) is 0 Å². The summed E-state index contributed by atoms with van der Waals surface area (Å²) in [4.78, 5) is 33.2. The minimum atomic E-state index is -4.43. The highest BCUT2D eigenvalue weighted by molar-refractivity contribution is 5.82. The first kappa shape index (κ1) is 18.0. The van der Waals surface area contributed by atoms with Crippen LogP contribution in [0.5, 0.6) is 0 Å². The lowest BCUT2D eigenvalue weighted by molar-refractivity contribution is -0.141. The summed E-state index contributed by atoms with van der Waals surface area (Å²) in [6, 6.07) is -2.47. The Morgan fingerprint density at radius 2 is 1.80 bits per heavy atom. The number of nitrogens with zero attached hydrogens (tertiary/aromatic N) is 1. The van der Waals surface area contributed by atoms with Crippen molar-refractivity contribution in [3.63, 3.8) is 0 Å². The summed E-state index contributed by atoms with van der Waals surface area (Å²) >= 11 is 0. The summed E-state index contributed by atoms with van der Waals surface area (Å²) in [6.45, 7) is -0.624. The van der Waals surface area contributed by atoms with E-state index in [2.05, 4.69) is 0 Å². The molecule has 116 valence electrons. The fraction of sp³-hybridized carbons (Fsp3) is 0.700. The predicted octanol–water partition coefficient (Wildman–Crippen LogP) is 0.898. The third-order valence-electron chi connectivity index (χ3n) is 2.32. The van der Waals surface area contributed by atoms with Crippen LogP contribution in [-0.2, 0) is 9.59 Å². The SMILES string of the molecule is CN(CCC(F)(F)F)C(=O)N[C@@H](CCC(=O)O)C(=O)O. The Labute approximate surface area is 112 Å². The van der Waals surface area contributed by atoms with Crippen LogP contribution in [-0.4, -0.2) is 58.9 Å². The summed E-state index contributed by atoms with van der Waals surface area (Å²) in [5, 5.41) is 19.2. The summed E-state index contributed by atoms with van der Waals surface area (Å²) in [6.07, 6.45) is -6.49. The predicted molar refractivity (Wildman–Crippen MR) is 60.1 cm³/mol. The number of carbonyl (C=O) groups is 3. The number of halogens is 3. The molecule has 20 heavy (non-hydrogen) atoms. The van der Waals surface area contributed by atoms with Gasteiger partial charge in [-0.25, -0.2) is 9.59 Å². The van der Waals surface area contributed by atoms with Crippen molar-refractivity contribution < 1.29 is 37.8 Å². The van der Waals surface area contributed by atoms with Gasteiger partial charge in [-0.3, -0.25) is 4.79 Å². The molecule has 10 heteroatoms. The van der Waals surface area contributed by atoms with Gasteiger partial charge in [-0.15, -0.1) is 0 Å². The zero-order valence-corrected chi connectivity index (χ0v) is 10.6. The molecular weight excluding hydrogens is 285 g/mol. The van der Waals surface area contributed by atoms with Crippen molar-refractivity contribution in [3.05, 3.63) is 0 Å². The number of aliphatic carboxylic acids is 2. The van der Waals surface area contributed by atoms with Crippen LogP contribution >= 0.6 is 0 Å². The molecule has 2 amide bonds. The van der Waals surface area contributed by atoms with E-state index in [4.69, 9.17) is 10.2 Å². The molecule has 0 radical (unpaired) electrons. The normalized spacial score (nSPS) is 12.6. The van der Waals surface area contributed by atoms with Crippen LogP contribution in [0.15, 0.2) is 0 Å². The molecule has 0 heterocycles. The maximum Gasteiger partial charge on any atom is 0.390 e. The van der Waals surface area contributed by atoms with Gasteiger partial charge in [0.2, 0.25) is 0 Å². The Morgan fingerprint density at radius 1 is 1.25 bits per heavy atom. The molecule has 0 unspecified atom stereocenters. The molecule has 0 spiro atoms. The van der Waals surface area contributed by atoms with Crippen LogP contribution in [0.2, 0.25) is 0 Å². The molecule has 0 bridgehead atoms. The summed E-state index contributed by atoms with van der Waals surface area (Å²) in [7, 11) is 1.08. The van der Waals surface area contributed by atoms with Crippen molar-refractivity contribution in [2.24, 2.45) is 0 Å². The van der Waals surface area contributed by atoms with E-state index in [1.165, 1.54) is 0 Å². The van der Waals surface area contributed by atoms with Crippen molar-refractivity contribution in [1.29, 1.82) is 0 Å². The molecule has 0 saturated carbocycles. The van der Waals surface area contributed by atoms with E-state index in [9.17, 15) is 27.6 Å². The van der Waals surface area contributed by atoms with Gasteiger partial charge in [0.05, 0.1) is 6.42 Å². The Morgan fingerprint density at radius 3 is 2.20 bits per heavy atom. The second-order valence-corrected chi connectivity index (χ2v) is 4.06. The number of nitrogens with one attached hydrogen (secondary N) is 1. The van der Waals surface area contributed by atoms with Crippen LogP contribution in [0.3, 0.4) is 0 Å². The van der Waals surface area contributed by atoms with Gasteiger partial charge in [0.25, 0.3) is 0 Å². The fourth-order valence-electron chi connectivity index (χ4n) is 1.18. The number of urea groups is 1. The first-order valence-corrected chi connectivity index (χ1v) is 5.56. The van der Waals surface area contributed by atoms with Crippen molar-refractivity contribution in [2.45, 2.75) is 31.5 Å². The minimum Gasteiger partial charge on any atom is -0.481 e. The molecule has 0 rings (SSSR count). The molecule has 0 aliphatic heterocycles. The molecule has 0 aromatic carbocycles. The Kier molecular flexibility index (Phi) is 6.80. The monoisotopic (exact) mass is 300 g/mol. The van der Waals surface area contributed by atoms with E-state index in [0.29, 0.717) is 4.90 Å². The zero-order chi connectivity index (χ0) is 15.9. The van der Waals surface area contributed by atoms with Gasteiger partial charge in [0.15, 0.2) is 0 Å². The zero-order valence-electron chi connectivity index (χ0n) is 10.6. The van der Waals surface area contributed by atoms with E-state index in [1.54, 1.807) is 0 Å². The molecule has 1 atom stereocenters. The topological polar surface area (TPSA) is 107 Å². The number of carbonyl (C=O) groups excluding carboxylic acids is 1. The lowest BCUT2D eigenvalue weighted by Gasteiger charge is -2.21. The largest absolute Gasteiger partial charge is 0.481 e.